The van der Waals surface area contributed by atoms with Gasteiger partial charge in [0.1, 0.15) is 8.07 Å². The molecule has 0 radical (unpaired) electrons. The first-order valence-corrected chi connectivity index (χ1v) is 10.0. The molecule has 1 aromatic rings. The Morgan fingerprint density at radius 2 is 1.59 bits per heavy atom. The second-order valence-electron chi connectivity index (χ2n) is 6.75. The van der Waals surface area contributed by atoms with E-state index in [1.165, 1.54) is 6.07 Å². The average molecular weight is 318 g/mol. The first-order chi connectivity index (χ1) is 10.1. The predicted molar refractivity (Wildman–Crippen MR) is 95.7 cm³/mol. The van der Waals surface area contributed by atoms with Gasteiger partial charge in [0.05, 0.1) is 5.56 Å². The summed E-state index contributed by atoms with van der Waals surface area (Å²) in [5.74, 6) is 2.26. The zero-order chi connectivity index (χ0) is 17.1. The van der Waals surface area contributed by atoms with Crippen LogP contribution < -0.4 is 5.73 Å². The van der Waals surface area contributed by atoms with Crippen LogP contribution in [0, 0.1) is 11.5 Å². The number of benzene rings is 1. The van der Waals surface area contributed by atoms with E-state index in [1.807, 2.05) is 0 Å². The van der Waals surface area contributed by atoms with Crippen molar-refractivity contribution in [2.45, 2.75) is 58.2 Å². The van der Waals surface area contributed by atoms with Crippen LogP contribution in [0.15, 0.2) is 18.2 Å². The van der Waals surface area contributed by atoms with Crippen molar-refractivity contribution < 1.29 is 9.90 Å². The first-order valence-electron chi connectivity index (χ1n) is 7.78. The topological polar surface area (TPSA) is 63.3 Å². The number of anilines is 1. The van der Waals surface area contributed by atoms with Crippen LogP contribution in [0.1, 0.15) is 57.5 Å². The number of carboxylic acid groups (broad SMARTS) is 1. The molecular formula is C18H27NO2Si. The highest BCUT2D eigenvalue weighted by Crippen LogP contribution is 2.40. The van der Waals surface area contributed by atoms with E-state index in [-0.39, 0.29) is 5.56 Å². The second kappa shape index (κ2) is 7.02. The summed E-state index contributed by atoms with van der Waals surface area (Å²) in [5, 5.41) is 9.11. The minimum Gasteiger partial charge on any atom is -0.478 e. The molecule has 1 rings (SSSR count). The van der Waals surface area contributed by atoms with E-state index >= 15 is 0 Å². The second-order valence-corrected chi connectivity index (χ2v) is 12.3. The van der Waals surface area contributed by atoms with Crippen LogP contribution in [0.4, 0.5) is 5.69 Å². The van der Waals surface area contributed by atoms with E-state index in [0.29, 0.717) is 27.9 Å². The highest BCUT2D eigenvalue weighted by molar-refractivity contribution is 6.90. The molecule has 0 heterocycles. The molecular weight excluding hydrogens is 290 g/mol. The van der Waals surface area contributed by atoms with Crippen molar-refractivity contribution in [1.29, 1.82) is 0 Å². The fourth-order valence-corrected chi connectivity index (χ4v) is 8.62. The maximum absolute atomic E-state index is 11.1. The van der Waals surface area contributed by atoms with Crippen molar-refractivity contribution in [2.24, 2.45) is 0 Å². The molecule has 0 aliphatic rings. The van der Waals surface area contributed by atoms with Crippen molar-refractivity contribution in [2.75, 3.05) is 5.73 Å². The van der Waals surface area contributed by atoms with E-state index in [2.05, 4.69) is 53.0 Å². The molecule has 3 N–H and O–H groups in total. The fourth-order valence-electron chi connectivity index (χ4n) is 3.41. The van der Waals surface area contributed by atoms with E-state index in [1.54, 1.807) is 12.1 Å². The largest absolute Gasteiger partial charge is 0.478 e. The Morgan fingerprint density at radius 1 is 1.09 bits per heavy atom. The monoisotopic (exact) mass is 317 g/mol. The van der Waals surface area contributed by atoms with E-state index in [9.17, 15) is 4.79 Å². The van der Waals surface area contributed by atoms with Crippen molar-refractivity contribution in [3.63, 3.8) is 0 Å². The van der Waals surface area contributed by atoms with Gasteiger partial charge in [0.25, 0.3) is 0 Å². The van der Waals surface area contributed by atoms with Gasteiger partial charge < -0.3 is 10.8 Å². The van der Waals surface area contributed by atoms with Crippen LogP contribution in [0.25, 0.3) is 0 Å². The molecule has 0 aromatic heterocycles. The number of carboxylic acids is 1. The van der Waals surface area contributed by atoms with Crippen molar-refractivity contribution in [1.82, 2.24) is 0 Å². The summed E-state index contributed by atoms with van der Waals surface area (Å²) in [6, 6.07) is 4.71. The SMILES string of the molecule is CC(C)[Si](C#Cc1cc(C(=O)O)ccc1N)(C(C)C)C(C)C. The van der Waals surface area contributed by atoms with Gasteiger partial charge in [-0.1, -0.05) is 47.5 Å². The third-order valence-electron chi connectivity index (χ3n) is 4.58. The zero-order valence-corrected chi connectivity index (χ0v) is 15.4. The molecule has 0 atom stereocenters. The zero-order valence-electron chi connectivity index (χ0n) is 14.4. The van der Waals surface area contributed by atoms with Gasteiger partial charge in [-0.05, 0) is 34.8 Å². The lowest BCUT2D eigenvalue weighted by atomic mass is 10.1. The summed E-state index contributed by atoms with van der Waals surface area (Å²) in [7, 11) is -1.84. The molecule has 4 heteroatoms. The van der Waals surface area contributed by atoms with Crippen molar-refractivity contribution >= 4 is 19.7 Å². The van der Waals surface area contributed by atoms with Gasteiger partial charge in [-0.2, -0.15) is 0 Å². The molecule has 0 spiro atoms. The molecule has 0 unspecified atom stereocenters. The minimum absolute atomic E-state index is 0.226. The Bertz CT molecular complexity index is 587. The van der Waals surface area contributed by atoms with Gasteiger partial charge in [0.2, 0.25) is 0 Å². The lowest BCUT2D eigenvalue weighted by Crippen LogP contribution is -2.43. The molecule has 0 bridgehead atoms. The molecule has 1 aromatic carbocycles. The maximum Gasteiger partial charge on any atom is 0.335 e. The van der Waals surface area contributed by atoms with Gasteiger partial charge in [-0.3, -0.25) is 0 Å². The van der Waals surface area contributed by atoms with Crippen molar-refractivity contribution in [3.05, 3.63) is 29.3 Å². The van der Waals surface area contributed by atoms with Crippen molar-refractivity contribution in [3.8, 4) is 11.5 Å². The highest BCUT2D eigenvalue weighted by atomic mass is 28.3. The molecule has 0 fully saturated rings. The number of hydrogen-bond acceptors (Lipinski definition) is 2. The quantitative estimate of drug-likeness (QED) is 0.487. The Labute approximate surface area is 134 Å². The van der Waals surface area contributed by atoms with Gasteiger partial charge >= 0.3 is 5.97 Å². The van der Waals surface area contributed by atoms with Crippen LogP contribution in [-0.4, -0.2) is 19.1 Å². The molecule has 0 amide bonds. The predicted octanol–water partition coefficient (Wildman–Crippen LogP) is 4.54. The third-order valence-corrected chi connectivity index (χ3v) is 10.9. The number of nitrogen functional groups attached to an aromatic ring is 1. The molecule has 3 nitrogen and oxygen atoms in total. The van der Waals surface area contributed by atoms with Gasteiger partial charge in [0.15, 0.2) is 0 Å². The van der Waals surface area contributed by atoms with Crippen LogP contribution in [0.2, 0.25) is 16.6 Å². The summed E-state index contributed by atoms with van der Waals surface area (Å²) in [6.45, 7) is 13.5. The first kappa shape index (κ1) is 18.3. The summed E-state index contributed by atoms with van der Waals surface area (Å²) >= 11 is 0. The highest BCUT2D eigenvalue weighted by Gasteiger charge is 2.41. The Balaban J connectivity index is 3.41. The molecule has 120 valence electrons. The van der Waals surface area contributed by atoms with Crippen LogP contribution >= 0.6 is 0 Å². The fraction of sp³-hybridized carbons (Fsp3) is 0.500. The van der Waals surface area contributed by atoms with Gasteiger partial charge in [-0.25, -0.2) is 4.79 Å². The molecule has 22 heavy (non-hydrogen) atoms. The Kier molecular flexibility index (Phi) is 5.84. The van der Waals surface area contributed by atoms with Gasteiger partial charge in [-0.15, -0.1) is 5.54 Å². The van der Waals surface area contributed by atoms with E-state index in [0.717, 1.165) is 0 Å². The smallest absolute Gasteiger partial charge is 0.335 e. The summed E-state index contributed by atoms with van der Waals surface area (Å²) in [5.41, 5.74) is 12.5. The summed E-state index contributed by atoms with van der Waals surface area (Å²) in [4.78, 5) is 11.1. The number of hydrogen-bond donors (Lipinski definition) is 2. The number of carbonyl (C=O) groups is 1. The lowest BCUT2D eigenvalue weighted by Gasteiger charge is -2.38. The average Bonchev–Trinajstić information content (AvgIpc) is 2.39. The minimum atomic E-state index is -1.84. The molecule has 0 saturated heterocycles. The normalized spacial score (nSPS) is 11.7. The maximum atomic E-state index is 11.1. The van der Waals surface area contributed by atoms with Crippen LogP contribution in [0.5, 0.6) is 0 Å². The Hall–Kier alpha value is -1.73. The molecule has 0 aliphatic heterocycles. The van der Waals surface area contributed by atoms with Crippen LogP contribution in [0.3, 0.4) is 0 Å². The summed E-state index contributed by atoms with van der Waals surface area (Å²) < 4.78 is 0. The number of nitrogens with two attached hydrogens (primary N) is 1. The van der Waals surface area contributed by atoms with E-state index in [4.69, 9.17) is 10.8 Å². The third kappa shape index (κ3) is 3.53. The van der Waals surface area contributed by atoms with Crippen LogP contribution in [-0.2, 0) is 0 Å². The molecule has 0 aliphatic carbocycles. The Morgan fingerprint density at radius 3 is 2.00 bits per heavy atom. The lowest BCUT2D eigenvalue weighted by molar-refractivity contribution is 0.0697. The summed E-state index contributed by atoms with van der Waals surface area (Å²) in [6.07, 6.45) is 0. The van der Waals surface area contributed by atoms with E-state index < -0.39 is 14.0 Å². The number of aromatic carboxylic acids is 1. The number of rotatable bonds is 4. The van der Waals surface area contributed by atoms with Gasteiger partial charge in [0, 0.05) is 11.3 Å². The standard InChI is InChI=1S/C18H27NO2Si/c1-12(2)22(13(3)4,14(5)6)10-9-15-11-16(18(20)21)7-8-17(15)19/h7-8,11-14H,19H2,1-6H3,(H,20,21). The molecule has 0 saturated carbocycles.